The van der Waals surface area contributed by atoms with Gasteiger partial charge in [0.15, 0.2) is 12.1 Å². The van der Waals surface area contributed by atoms with Crippen LogP contribution >= 0.6 is 0 Å². The highest BCUT2D eigenvalue weighted by Gasteiger charge is 2.14. The maximum atomic E-state index is 11.1. The molecule has 0 spiro atoms. The zero-order valence-electron chi connectivity index (χ0n) is 7.16. The first-order valence-electron chi connectivity index (χ1n) is 3.80. The second kappa shape index (κ2) is 4.58. The minimum Gasteiger partial charge on any atom is -0.598 e. The Kier molecular flexibility index (Phi) is 3.17. The molecule has 0 N–H and O–H groups in total. The van der Waals surface area contributed by atoms with Crippen molar-refractivity contribution in [2.24, 2.45) is 5.11 Å². The normalized spacial score (nSPS) is 10.6. The first-order valence-corrected chi connectivity index (χ1v) is 3.80. The maximum absolute atomic E-state index is 11.1. The molecule has 0 aliphatic carbocycles. The number of benzene rings is 1. The van der Waals surface area contributed by atoms with E-state index in [-0.39, 0.29) is 4.86 Å². The smallest absolute Gasteiger partial charge is 0.359 e. The lowest BCUT2D eigenvalue weighted by Gasteiger charge is -1.98. The first kappa shape index (κ1) is 9.69. The van der Waals surface area contributed by atoms with E-state index in [2.05, 4.69) is 5.11 Å². The molecule has 0 saturated carbocycles. The van der Waals surface area contributed by atoms with Crippen LogP contribution in [0.15, 0.2) is 35.4 Å². The summed E-state index contributed by atoms with van der Waals surface area (Å²) >= 11 is 0. The van der Waals surface area contributed by atoms with Crippen LogP contribution in [-0.4, -0.2) is 10.9 Å². The van der Waals surface area contributed by atoms with Crippen LogP contribution in [0.3, 0.4) is 0 Å². The van der Waals surface area contributed by atoms with Gasteiger partial charge >= 0.3 is 6.04 Å². The highest BCUT2D eigenvalue weighted by atomic mass is 16.5. The van der Waals surface area contributed by atoms with Gasteiger partial charge in [-0.15, -0.1) is 0 Å². The van der Waals surface area contributed by atoms with Crippen molar-refractivity contribution in [2.45, 2.75) is 6.04 Å². The Bertz CT molecular complexity index is 399. The summed E-state index contributed by atoms with van der Waals surface area (Å²) in [6.45, 7) is 0. The number of hydrogen-bond acceptors (Lipinski definition) is 4. The van der Waals surface area contributed by atoms with E-state index >= 15 is 0 Å². The predicted molar refractivity (Wildman–Crippen MR) is 47.2 cm³/mol. The third-order valence-corrected chi connectivity index (χ3v) is 1.44. The third kappa shape index (κ3) is 2.29. The molecule has 1 rings (SSSR count). The Morgan fingerprint density at radius 2 is 1.79 bits per heavy atom. The highest BCUT2D eigenvalue weighted by molar-refractivity contribution is 5.34. The first-order chi connectivity index (χ1) is 6.77. The molecule has 0 aliphatic rings. The van der Waals surface area contributed by atoms with Crippen LogP contribution in [0.4, 0.5) is 5.69 Å². The lowest BCUT2D eigenvalue weighted by atomic mass is 10.3. The van der Waals surface area contributed by atoms with Gasteiger partial charge in [0.05, 0.1) is 0 Å². The molecule has 0 amide bonds. The van der Waals surface area contributed by atoms with Crippen LogP contribution in [-0.2, 0) is 0 Å². The Morgan fingerprint density at radius 3 is 2.29 bits per heavy atom. The molecule has 68 valence electrons. The van der Waals surface area contributed by atoms with Gasteiger partial charge < -0.3 is 5.21 Å². The molecular formula is C9H6N4O. The molecule has 0 unspecified atom stereocenters. The van der Waals surface area contributed by atoms with Gasteiger partial charge in [0.2, 0.25) is 0 Å². The number of nitriles is 2. The summed E-state index contributed by atoms with van der Waals surface area (Å²) in [5, 5.41) is 31.4. The fraction of sp³-hybridized carbons (Fsp3) is 0.111. The quantitative estimate of drug-likeness (QED) is 0.400. The lowest BCUT2D eigenvalue weighted by Crippen LogP contribution is -2.14. The molecule has 1 aromatic carbocycles. The molecule has 0 radical (unpaired) electrons. The van der Waals surface area contributed by atoms with Crippen molar-refractivity contribution in [3.05, 3.63) is 35.5 Å². The van der Waals surface area contributed by atoms with Gasteiger partial charge in [-0.25, -0.2) is 0 Å². The Balaban J connectivity index is 2.91. The highest BCUT2D eigenvalue weighted by Crippen LogP contribution is 2.10. The van der Waals surface area contributed by atoms with Crippen molar-refractivity contribution in [2.75, 3.05) is 0 Å². The number of nitrogens with zero attached hydrogens (tertiary/aromatic N) is 4. The molecule has 0 aliphatic heterocycles. The zero-order valence-corrected chi connectivity index (χ0v) is 7.16. The number of azo groups is 1. The van der Waals surface area contributed by atoms with Crippen molar-refractivity contribution >= 4 is 5.69 Å². The van der Waals surface area contributed by atoms with Gasteiger partial charge in [0.1, 0.15) is 5.69 Å². The predicted octanol–water partition coefficient (Wildman–Crippen LogP) is 1.70. The molecular weight excluding hydrogens is 180 g/mol. The average Bonchev–Trinajstić information content (AvgIpc) is 2.21. The number of rotatable bonds is 2. The summed E-state index contributed by atoms with van der Waals surface area (Å²) in [6.07, 6.45) is 0. The van der Waals surface area contributed by atoms with Gasteiger partial charge in [-0.1, -0.05) is 23.1 Å². The van der Waals surface area contributed by atoms with Crippen LogP contribution in [0.1, 0.15) is 0 Å². The van der Waals surface area contributed by atoms with E-state index in [4.69, 9.17) is 10.5 Å². The van der Waals surface area contributed by atoms with Gasteiger partial charge in [-0.05, 0) is 12.1 Å². The van der Waals surface area contributed by atoms with E-state index in [0.717, 1.165) is 0 Å². The zero-order chi connectivity index (χ0) is 10.4. The van der Waals surface area contributed by atoms with E-state index < -0.39 is 6.04 Å². The summed E-state index contributed by atoms with van der Waals surface area (Å²) in [4.78, 5) is 0.0926. The van der Waals surface area contributed by atoms with Crippen molar-refractivity contribution in [3.63, 3.8) is 0 Å². The minimum atomic E-state index is -1.39. The largest absolute Gasteiger partial charge is 0.598 e. The molecule has 0 heterocycles. The lowest BCUT2D eigenvalue weighted by molar-refractivity contribution is -0.536. The van der Waals surface area contributed by atoms with Gasteiger partial charge in [-0.3, -0.25) is 0 Å². The Morgan fingerprint density at radius 1 is 1.21 bits per heavy atom. The van der Waals surface area contributed by atoms with Crippen LogP contribution in [0, 0.1) is 27.9 Å². The fourth-order valence-corrected chi connectivity index (χ4v) is 0.794. The second-order valence-electron chi connectivity index (χ2n) is 2.40. The molecule has 0 aromatic heterocycles. The molecule has 0 atom stereocenters. The molecule has 0 bridgehead atoms. The number of hydrogen-bond donors (Lipinski definition) is 0. The van der Waals surface area contributed by atoms with Crippen molar-refractivity contribution in [1.29, 1.82) is 10.5 Å². The fourth-order valence-electron chi connectivity index (χ4n) is 0.794. The third-order valence-electron chi connectivity index (χ3n) is 1.44. The van der Waals surface area contributed by atoms with Gasteiger partial charge in [-0.2, -0.15) is 10.5 Å². The van der Waals surface area contributed by atoms with E-state index in [1.807, 2.05) is 0 Å². The van der Waals surface area contributed by atoms with E-state index in [9.17, 15) is 5.21 Å². The summed E-state index contributed by atoms with van der Waals surface area (Å²) in [7, 11) is 0. The van der Waals surface area contributed by atoms with Gasteiger partial charge in [0.25, 0.3) is 0 Å². The molecule has 5 heteroatoms. The topological polar surface area (TPSA) is 86.0 Å². The SMILES string of the molecule is N#CC(C#N)[N+]([O-])=Nc1ccccc1. The van der Waals surface area contributed by atoms with Crippen LogP contribution in [0.5, 0.6) is 0 Å². The van der Waals surface area contributed by atoms with E-state index in [1.165, 1.54) is 12.1 Å². The van der Waals surface area contributed by atoms with Crippen molar-refractivity contribution < 1.29 is 4.86 Å². The Labute approximate surface area is 80.7 Å². The Hall–Kier alpha value is -2.40. The monoisotopic (exact) mass is 186 g/mol. The summed E-state index contributed by atoms with van der Waals surface area (Å²) < 4.78 is 0. The maximum Gasteiger partial charge on any atom is 0.359 e. The second-order valence-corrected chi connectivity index (χ2v) is 2.40. The average molecular weight is 186 g/mol. The minimum absolute atomic E-state index is 0.0926. The number of hydroxylamine groups is 1. The van der Waals surface area contributed by atoms with Crippen molar-refractivity contribution in [1.82, 2.24) is 0 Å². The van der Waals surface area contributed by atoms with E-state index in [1.54, 1.807) is 30.3 Å². The molecule has 5 nitrogen and oxygen atoms in total. The summed E-state index contributed by atoms with van der Waals surface area (Å²) in [6, 6.07) is 10.1. The molecule has 1 aromatic rings. The summed E-state index contributed by atoms with van der Waals surface area (Å²) in [5.74, 6) is 0. The molecule has 14 heavy (non-hydrogen) atoms. The molecule has 0 fully saturated rings. The molecule has 0 saturated heterocycles. The van der Waals surface area contributed by atoms with Crippen molar-refractivity contribution in [3.8, 4) is 12.1 Å². The van der Waals surface area contributed by atoms with E-state index in [0.29, 0.717) is 5.69 Å². The van der Waals surface area contributed by atoms with Crippen LogP contribution in [0.2, 0.25) is 0 Å². The summed E-state index contributed by atoms with van der Waals surface area (Å²) in [5.41, 5.74) is 0.415. The van der Waals surface area contributed by atoms with Gasteiger partial charge in [0, 0.05) is 5.11 Å². The van der Waals surface area contributed by atoms with Crippen LogP contribution < -0.4 is 0 Å². The standard InChI is InChI=1S/C9H6N4O/c10-6-9(7-11)13(14)12-8-4-2-1-3-5-8/h1-5,9H. The van der Waals surface area contributed by atoms with Crippen LogP contribution in [0.25, 0.3) is 0 Å².